The van der Waals surface area contributed by atoms with Gasteiger partial charge in [0.2, 0.25) is 0 Å². The Balaban J connectivity index is 2.29. The maximum atomic E-state index is 13.9. The zero-order valence-electron chi connectivity index (χ0n) is 13.3. The monoisotopic (exact) mass is 401 g/mol. The average molecular weight is 401 g/mol. The molecule has 0 aliphatic carbocycles. The molecule has 0 saturated heterocycles. The Morgan fingerprint density at radius 2 is 1.81 bits per heavy atom. The molecule has 0 fully saturated rings. The van der Waals surface area contributed by atoms with Crippen molar-refractivity contribution in [1.29, 1.82) is 0 Å². The standard InChI is InChI=1S/C14H13F6N3O2S/c1-7(21-14(25)12-6-13(24)23-8(2)22-12)10-4-3-9(5-11(10)15)26(16,17,18,19)20/h3-7H,1-2H3,(H,21,25)(H,22,23,24). The van der Waals surface area contributed by atoms with Gasteiger partial charge in [0, 0.05) is 11.6 Å². The number of carbonyl (C=O) groups excluding carboxylic acids is 1. The maximum absolute atomic E-state index is 13.9. The topological polar surface area (TPSA) is 74.8 Å². The van der Waals surface area contributed by atoms with Crippen molar-refractivity contribution >= 4 is 16.1 Å². The highest BCUT2D eigenvalue weighted by Gasteiger charge is 2.65. The smallest absolute Gasteiger partial charge is 0.310 e. The van der Waals surface area contributed by atoms with Crippen molar-refractivity contribution in [2.45, 2.75) is 24.8 Å². The normalized spacial score (nSPS) is 15.7. The minimum Gasteiger partial charge on any atom is -0.344 e. The number of rotatable bonds is 4. The number of aryl methyl sites for hydroxylation is 1. The number of aromatic nitrogens is 2. The van der Waals surface area contributed by atoms with Gasteiger partial charge in [-0.25, -0.2) is 9.37 Å². The molecule has 5 nitrogen and oxygen atoms in total. The highest BCUT2D eigenvalue weighted by Crippen LogP contribution is 3.02. The molecule has 1 aromatic heterocycles. The molecule has 1 heterocycles. The Bertz CT molecular complexity index is 943. The van der Waals surface area contributed by atoms with Crippen LogP contribution in [0.15, 0.2) is 34.0 Å². The lowest BCUT2D eigenvalue weighted by molar-refractivity contribution is 0.0933. The SMILES string of the molecule is Cc1nc(C(=O)NC(C)c2ccc(S(F)(F)(F)(F)F)cc2F)cc(=O)[nH]1. The van der Waals surface area contributed by atoms with E-state index < -0.39 is 44.0 Å². The predicted molar refractivity (Wildman–Crippen MR) is 83.3 cm³/mol. The lowest BCUT2D eigenvalue weighted by Gasteiger charge is -2.40. The van der Waals surface area contributed by atoms with Crippen LogP contribution in [-0.4, -0.2) is 15.9 Å². The Morgan fingerprint density at radius 3 is 2.31 bits per heavy atom. The van der Waals surface area contributed by atoms with E-state index in [2.05, 4.69) is 15.3 Å². The molecule has 1 unspecified atom stereocenters. The van der Waals surface area contributed by atoms with Crippen molar-refractivity contribution in [3.63, 3.8) is 0 Å². The number of H-pyrrole nitrogens is 1. The Morgan fingerprint density at radius 1 is 1.19 bits per heavy atom. The first-order valence-corrected chi connectivity index (χ1v) is 8.94. The van der Waals surface area contributed by atoms with E-state index in [9.17, 15) is 33.4 Å². The predicted octanol–water partition coefficient (Wildman–Crippen LogP) is 4.37. The summed E-state index contributed by atoms with van der Waals surface area (Å²) in [4.78, 5) is 27.0. The van der Waals surface area contributed by atoms with Gasteiger partial charge < -0.3 is 10.3 Å². The van der Waals surface area contributed by atoms with Crippen molar-refractivity contribution in [1.82, 2.24) is 15.3 Å². The molecular weight excluding hydrogens is 388 g/mol. The van der Waals surface area contributed by atoms with E-state index in [-0.39, 0.29) is 23.7 Å². The van der Waals surface area contributed by atoms with Gasteiger partial charge in [0.25, 0.3) is 11.5 Å². The summed E-state index contributed by atoms with van der Waals surface area (Å²) in [7, 11) is -10.0. The van der Waals surface area contributed by atoms with Crippen LogP contribution in [0.25, 0.3) is 0 Å². The third-order valence-corrected chi connectivity index (χ3v) is 4.47. The van der Waals surface area contributed by atoms with E-state index in [1.165, 1.54) is 13.8 Å². The summed E-state index contributed by atoms with van der Waals surface area (Å²) < 4.78 is 77.4. The van der Waals surface area contributed by atoms with Gasteiger partial charge in [-0.15, -0.1) is 0 Å². The quantitative estimate of drug-likeness (QED) is 0.748. The molecule has 0 aliphatic heterocycles. The summed E-state index contributed by atoms with van der Waals surface area (Å²) in [5, 5.41) is 2.23. The summed E-state index contributed by atoms with van der Waals surface area (Å²) >= 11 is 0. The molecule has 1 aromatic carbocycles. The molecule has 0 bridgehead atoms. The maximum Gasteiger partial charge on any atom is 0.310 e. The first-order valence-electron chi connectivity index (χ1n) is 6.99. The van der Waals surface area contributed by atoms with E-state index in [1.54, 1.807) is 0 Å². The number of amides is 1. The van der Waals surface area contributed by atoms with E-state index in [0.717, 1.165) is 6.07 Å². The summed E-state index contributed by atoms with van der Waals surface area (Å²) in [6, 6.07) is -0.0310. The van der Waals surface area contributed by atoms with Crippen LogP contribution >= 0.6 is 10.2 Å². The van der Waals surface area contributed by atoms with Gasteiger partial charge in [0.05, 0.1) is 6.04 Å². The lowest BCUT2D eigenvalue weighted by Crippen LogP contribution is -2.29. The van der Waals surface area contributed by atoms with Gasteiger partial charge in [-0.3, -0.25) is 9.59 Å². The number of aromatic amines is 1. The second-order valence-electron chi connectivity index (χ2n) is 5.56. The second-order valence-corrected chi connectivity index (χ2v) is 7.97. The molecule has 0 spiro atoms. The summed E-state index contributed by atoms with van der Waals surface area (Å²) in [6.07, 6.45) is 0. The molecule has 12 heteroatoms. The second kappa shape index (κ2) is 5.50. The fourth-order valence-corrected chi connectivity index (χ4v) is 2.79. The molecule has 1 atom stereocenters. The number of carbonyl (C=O) groups is 1. The fraction of sp³-hybridized carbons (Fsp3) is 0.214. The average Bonchev–Trinajstić information content (AvgIpc) is 2.43. The van der Waals surface area contributed by atoms with Crippen LogP contribution in [0.3, 0.4) is 0 Å². The van der Waals surface area contributed by atoms with Crippen LogP contribution in [0.4, 0.5) is 23.8 Å². The largest absolute Gasteiger partial charge is 0.344 e. The Hall–Kier alpha value is -2.50. The molecule has 0 radical (unpaired) electrons. The van der Waals surface area contributed by atoms with E-state index >= 15 is 0 Å². The Kier molecular flexibility index (Phi) is 4.19. The first kappa shape index (κ1) is 19.8. The molecule has 2 rings (SSSR count). The molecular formula is C14H13F6N3O2S. The van der Waals surface area contributed by atoms with Crippen LogP contribution < -0.4 is 10.9 Å². The minimum atomic E-state index is -10.0. The lowest BCUT2D eigenvalue weighted by atomic mass is 10.1. The third kappa shape index (κ3) is 4.56. The van der Waals surface area contributed by atoms with Gasteiger partial charge in [0.15, 0.2) is 0 Å². The number of halogens is 6. The Labute approximate surface area is 143 Å². The molecule has 2 N–H and O–H groups in total. The third-order valence-electron chi connectivity index (χ3n) is 3.32. The number of hydrogen-bond acceptors (Lipinski definition) is 3. The fourth-order valence-electron chi connectivity index (χ4n) is 2.14. The molecule has 0 saturated carbocycles. The summed E-state index contributed by atoms with van der Waals surface area (Å²) in [5.74, 6) is -2.30. The zero-order chi connectivity index (χ0) is 20.0. The summed E-state index contributed by atoms with van der Waals surface area (Å²) in [5.41, 5.74) is -1.34. The van der Waals surface area contributed by atoms with Crippen molar-refractivity contribution in [3.8, 4) is 0 Å². The highest BCUT2D eigenvalue weighted by atomic mass is 32.5. The molecule has 26 heavy (non-hydrogen) atoms. The highest BCUT2D eigenvalue weighted by molar-refractivity contribution is 8.45. The van der Waals surface area contributed by atoms with Crippen molar-refractivity contribution in [2.75, 3.05) is 0 Å². The molecule has 2 aromatic rings. The van der Waals surface area contributed by atoms with Gasteiger partial charge in [-0.05, 0) is 26.0 Å². The van der Waals surface area contributed by atoms with Crippen LogP contribution in [0.2, 0.25) is 0 Å². The number of nitrogens with one attached hydrogen (secondary N) is 2. The van der Waals surface area contributed by atoms with Gasteiger partial charge >= 0.3 is 10.2 Å². The zero-order valence-corrected chi connectivity index (χ0v) is 14.1. The van der Waals surface area contributed by atoms with Crippen molar-refractivity contribution < 1.29 is 28.6 Å². The first-order chi connectivity index (χ1) is 11.6. The van der Waals surface area contributed by atoms with Crippen LogP contribution in [-0.2, 0) is 0 Å². The van der Waals surface area contributed by atoms with Crippen molar-refractivity contribution in [3.05, 3.63) is 57.5 Å². The van der Waals surface area contributed by atoms with Gasteiger partial charge in [-0.1, -0.05) is 25.5 Å². The van der Waals surface area contributed by atoms with Gasteiger partial charge in [-0.2, -0.15) is 0 Å². The molecule has 144 valence electrons. The van der Waals surface area contributed by atoms with Gasteiger partial charge in [0.1, 0.15) is 22.2 Å². The van der Waals surface area contributed by atoms with Crippen molar-refractivity contribution in [2.24, 2.45) is 0 Å². The molecule has 0 aliphatic rings. The van der Waals surface area contributed by atoms with Crippen LogP contribution in [0.1, 0.15) is 34.8 Å². The minimum absolute atomic E-state index is 0.0538. The molecule has 1 amide bonds. The summed E-state index contributed by atoms with van der Waals surface area (Å²) in [6.45, 7) is 2.65. The number of hydrogen-bond donors (Lipinski definition) is 2. The van der Waals surface area contributed by atoms with Crippen LogP contribution in [0, 0.1) is 12.7 Å². The van der Waals surface area contributed by atoms with E-state index in [4.69, 9.17) is 0 Å². The number of nitrogens with zero attached hydrogens (tertiary/aromatic N) is 1. The number of benzene rings is 1. The van der Waals surface area contributed by atoms with Crippen LogP contribution in [0.5, 0.6) is 0 Å². The van der Waals surface area contributed by atoms with E-state index in [0.29, 0.717) is 6.07 Å². The van der Waals surface area contributed by atoms with E-state index in [1.807, 2.05) is 0 Å².